The highest BCUT2D eigenvalue weighted by Crippen LogP contribution is 2.27. The quantitative estimate of drug-likeness (QED) is 0.402. The summed E-state index contributed by atoms with van der Waals surface area (Å²) in [6, 6.07) is 5.76. The highest BCUT2D eigenvalue weighted by atomic mass is 32.2. The molecule has 0 bridgehead atoms. The predicted molar refractivity (Wildman–Crippen MR) is 105 cm³/mol. The minimum absolute atomic E-state index is 0.214. The molecule has 0 atom stereocenters. The maximum absolute atomic E-state index is 13.1. The molecule has 0 unspecified atom stereocenters. The predicted octanol–water partition coefficient (Wildman–Crippen LogP) is 2.84. The van der Waals surface area contributed by atoms with E-state index >= 15 is 0 Å². The van der Waals surface area contributed by atoms with Gasteiger partial charge in [-0.15, -0.1) is 0 Å². The normalized spacial score (nSPS) is 12.7. The summed E-state index contributed by atoms with van der Waals surface area (Å²) in [5.41, 5.74) is 0.689. The molecule has 1 aromatic carbocycles. The van der Waals surface area contributed by atoms with Crippen molar-refractivity contribution < 1.29 is 27.1 Å². The second-order valence-electron chi connectivity index (χ2n) is 8.26. The number of Topliss-reactive ketones (excluding diaryl/α,β-unsaturated/α-hetero) is 1. The first-order chi connectivity index (χ1) is 13.2. The van der Waals surface area contributed by atoms with Gasteiger partial charge in [0.25, 0.3) is 0 Å². The smallest absolute Gasteiger partial charge is 0.327 e. The van der Waals surface area contributed by atoms with Crippen LogP contribution in [0.4, 0.5) is 4.39 Å². The van der Waals surface area contributed by atoms with Gasteiger partial charge in [-0.1, -0.05) is 20.8 Å². The van der Waals surface area contributed by atoms with Gasteiger partial charge in [-0.2, -0.15) is 5.10 Å². The van der Waals surface area contributed by atoms with Gasteiger partial charge in [-0.05, 0) is 44.2 Å². The third-order valence-corrected chi connectivity index (χ3v) is 6.96. The van der Waals surface area contributed by atoms with E-state index in [1.807, 2.05) is 20.8 Å². The number of hydrogen-bond acceptors (Lipinski definition) is 6. The van der Waals surface area contributed by atoms with Crippen LogP contribution < -0.4 is 0 Å². The molecule has 1 heterocycles. The Morgan fingerprint density at radius 1 is 1.10 bits per heavy atom. The van der Waals surface area contributed by atoms with E-state index in [2.05, 4.69) is 5.10 Å². The number of nitrogens with zero attached hydrogens (tertiary/aromatic N) is 2. The second kappa shape index (κ2) is 7.70. The summed E-state index contributed by atoms with van der Waals surface area (Å²) < 4.78 is 43.1. The SMILES string of the molecule is Cn1nc(C(C)(C)C)cc1C(=O)COC(=O)C(C)(C)S(=O)(=O)c1ccc(F)cc1. The summed E-state index contributed by atoms with van der Waals surface area (Å²) >= 11 is 0. The molecule has 0 radical (unpaired) electrons. The molecule has 0 aliphatic rings. The number of rotatable bonds is 6. The highest BCUT2D eigenvalue weighted by molar-refractivity contribution is 7.93. The number of aromatic nitrogens is 2. The van der Waals surface area contributed by atoms with E-state index in [9.17, 15) is 22.4 Å². The van der Waals surface area contributed by atoms with Gasteiger partial charge in [0.05, 0.1) is 10.6 Å². The lowest BCUT2D eigenvalue weighted by atomic mass is 9.92. The molecule has 0 saturated carbocycles. The number of esters is 1. The Hall–Kier alpha value is -2.55. The number of sulfone groups is 1. The van der Waals surface area contributed by atoms with Crippen molar-refractivity contribution in [3.8, 4) is 0 Å². The summed E-state index contributed by atoms with van der Waals surface area (Å²) in [6.07, 6.45) is 0. The third-order valence-electron chi connectivity index (χ3n) is 4.56. The molecule has 0 amide bonds. The van der Waals surface area contributed by atoms with Gasteiger partial charge in [0, 0.05) is 12.5 Å². The standard InChI is InChI=1S/C20H25FN2O5S/c1-19(2,3)17-11-15(23(6)22-17)16(24)12-28-18(25)20(4,5)29(26,27)14-9-7-13(21)8-10-14/h7-11H,12H2,1-6H3. The van der Waals surface area contributed by atoms with E-state index in [1.165, 1.54) is 18.5 Å². The Labute approximate surface area is 169 Å². The summed E-state index contributed by atoms with van der Waals surface area (Å²) in [5.74, 6) is -2.17. The minimum atomic E-state index is -4.16. The fourth-order valence-electron chi connectivity index (χ4n) is 2.49. The molecule has 9 heteroatoms. The molecular formula is C20H25FN2O5S. The van der Waals surface area contributed by atoms with Crippen LogP contribution >= 0.6 is 0 Å². The van der Waals surface area contributed by atoms with Gasteiger partial charge in [0.2, 0.25) is 5.78 Å². The van der Waals surface area contributed by atoms with Crippen molar-refractivity contribution in [3.63, 3.8) is 0 Å². The third kappa shape index (κ3) is 4.55. The van der Waals surface area contributed by atoms with Gasteiger partial charge in [-0.3, -0.25) is 14.3 Å². The average Bonchev–Trinajstić information content (AvgIpc) is 3.01. The van der Waals surface area contributed by atoms with Crippen LogP contribution in [-0.2, 0) is 31.8 Å². The first-order valence-electron chi connectivity index (χ1n) is 8.93. The van der Waals surface area contributed by atoms with E-state index < -0.39 is 38.8 Å². The number of aryl methyl sites for hydroxylation is 1. The molecule has 0 saturated heterocycles. The fraction of sp³-hybridized carbons (Fsp3) is 0.450. The molecule has 7 nitrogen and oxygen atoms in total. The summed E-state index contributed by atoms with van der Waals surface area (Å²) in [7, 11) is -2.56. The van der Waals surface area contributed by atoms with Crippen molar-refractivity contribution in [2.45, 2.75) is 49.7 Å². The lowest BCUT2D eigenvalue weighted by Crippen LogP contribution is -2.42. The second-order valence-corrected chi connectivity index (χ2v) is 10.8. The molecule has 0 fully saturated rings. The lowest BCUT2D eigenvalue weighted by molar-refractivity contribution is -0.144. The van der Waals surface area contributed by atoms with Crippen LogP contribution in [0, 0.1) is 5.82 Å². The van der Waals surface area contributed by atoms with Crippen molar-refractivity contribution in [3.05, 3.63) is 47.5 Å². The van der Waals surface area contributed by atoms with Crippen LogP contribution in [-0.4, -0.2) is 41.3 Å². The zero-order valence-electron chi connectivity index (χ0n) is 17.3. The Morgan fingerprint density at radius 3 is 2.14 bits per heavy atom. The number of hydrogen-bond donors (Lipinski definition) is 0. The molecule has 0 aliphatic heterocycles. The maximum Gasteiger partial charge on any atom is 0.327 e. The maximum atomic E-state index is 13.1. The zero-order valence-corrected chi connectivity index (χ0v) is 18.1. The van der Waals surface area contributed by atoms with Crippen LogP contribution in [0.25, 0.3) is 0 Å². The van der Waals surface area contributed by atoms with E-state index in [-0.39, 0.29) is 16.0 Å². The number of ether oxygens (including phenoxy) is 1. The number of halogens is 1. The molecule has 29 heavy (non-hydrogen) atoms. The molecule has 0 aliphatic carbocycles. The summed E-state index contributed by atoms with van der Waals surface area (Å²) in [4.78, 5) is 24.7. The van der Waals surface area contributed by atoms with Crippen molar-refractivity contribution in [2.75, 3.05) is 6.61 Å². The molecule has 0 spiro atoms. The van der Waals surface area contributed by atoms with Gasteiger partial charge >= 0.3 is 5.97 Å². The summed E-state index contributed by atoms with van der Waals surface area (Å²) in [6.45, 7) is 7.59. The van der Waals surface area contributed by atoms with E-state index in [1.54, 1.807) is 13.1 Å². The van der Waals surface area contributed by atoms with E-state index in [0.29, 0.717) is 5.69 Å². The largest absolute Gasteiger partial charge is 0.456 e. The van der Waals surface area contributed by atoms with Crippen LogP contribution in [0.15, 0.2) is 35.2 Å². The van der Waals surface area contributed by atoms with Gasteiger partial charge in [0.15, 0.2) is 21.2 Å². The van der Waals surface area contributed by atoms with Gasteiger partial charge in [-0.25, -0.2) is 12.8 Å². The van der Waals surface area contributed by atoms with Crippen LogP contribution in [0.3, 0.4) is 0 Å². The molecule has 2 rings (SSSR count). The fourth-order valence-corrected chi connectivity index (χ4v) is 3.85. The Morgan fingerprint density at radius 2 is 1.66 bits per heavy atom. The molecule has 0 N–H and O–H groups in total. The van der Waals surface area contributed by atoms with Crippen molar-refractivity contribution in [1.29, 1.82) is 0 Å². The lowest BCUT2D eigenvalue weighted by Gasteiger charge is -2.22. The number of carbonyl (C=O) groups excluding carboxylic acids is 2. The van der Waals surface area contributed by atoms with Gasteiger partial charge in [0.1, 0.15) is 11.5 Å². The van der Waals surface area contributed by atoms with Crippen LogP contribution in [0.2, 0.25) is 0 Å². The van der Waals surface area contributed by atoms with Crippen LogP contribution in [0.5, 0.6) is 0 Å². The molecule has 158 valence electrons. The van der Waals surface area contributed by atoms with Gasteiger partial charge < -0.3 is 4.74 Å². The van der Waals surface area contributed by atoms with Crippen molar-refractivity contribution >= 4 is 21.6 Å². The van der Waals surface area contributed by atoms with Crippen molar-refractivity contribution in [2.24, 2.45) is 7.05 Å². The summed E-state index contributed by atoms with van der Waals surface area (Å²) in [5, 5.41) is 4.29. The Balaban J connectivity index is 2.16. The zero-order chi connectivity index (χ0) is 22.2. The minimum Gasteiger partial charge on any atom is -0.456 e. The Kier molecular flexibility index (Phi) is 6.04. The molecule has 1 aromatic heterocycles. The van der Waals surface area contributed by atoms with Crippen molar-refractivity contribution in [1.82, 2.24) is 9.78 Å². The monoisotopic (exact) mass is 424 g/mol. The first kappa shape index (κ1) is 22.7. The highest BCUT2D eigenvalue weighted by Gasteiger charge is 2.44. The number of ketones is 1. The van der Waals surface area contributed by atoms with Crippen LogP contribution in [0.1, 0.15) is 50.8 Å². The number of carbonyl (C=O) groups is 2. The Bertz CT molecular complexity index is 1030. The van der Waals surface area contributed by atoms with E-state index in [4.69, 9.17) is 4.74 Å². The topological polar surface area (TPSA) is 95.3 Å². The molecule has 2 aromatic rings. The average molecular weight is 424 g/mol. The number of benzene rings is 1. The van der Waals surface area contributed by atoms with E-state index in [0.717, 1.165) is 24.3 Å². The first-order valence-corrected chi connectivity index (χ1v) is 10.4. The molecular weight excluding hydrogens is 399 g/mol.